The number of allylic oxidation sites excluding steroid dienone is 4. The molecule has 0 saturated carbocycles. The van der Waals surface area contributed by atoms with Crippen molar-refractivity contribution in [3.05, 3.63) is 23.8 Å². The van der Waals surface area contributed by atoms with Gasteiger partial charge in [0.05, 0.1) is 0 Å². The molecule has 0 saturated heterocycles. The van der Waals surface area contributed by atoms with Crippen LogP contribution in [0.3, 0.4) is 0 Å². The Morgan fingerprint density at radius 3 is 2.38 bits per heavy atom. The minimum atomic E-state index is 0.425. The summed E-state index contributed by atoms with van der Waals surface area (Å²) in [6.45, 7) is 11.5. The number of rotatable bonds is 1. The maximum absolute atomic E-state index is 2.38. The highest BCUT2D eigenvalue weighted by Gasteiger charge is 2.26. The Bertz CT molecular complexity index is 225. The van der Waals surface area contributed by atoms with E-state index < -0.39 is 0 Å². The second-order valence-electron chi connectivity index (χ2n) is 5.36. The first-order chi connectivity index (χ1) is 5.91. The van der Waals surface area contributed by atoms with E-state index >= 15 is 0 Å². The predicted molar refractivity (Wildman–Crippen MR) is 59.6 cm³/mol. The molecule has 2 atom stereocenters. The molecule has 0 aliphatic heterocycles. The SMILES string of the molecule is CC1=CCC(C(C)C(C)(C)C)C=C1. The normalized spacial score (nSPS) is 25.6. The molecule has 0 nitrogen and oxygen atoms in total. The topological polar surface area (TPSA) is 0 Å². The van der Waals surface area contributed by atoms with Gasteiger partial charge in [-0.05, 0) is 30.6 Å². The molecule has 0 aromatic heterocycles. The summed E-state index contributed by atoms with van der Waals surface area (Å²) in [7, 11) is 0. The van der Waals surface area contributed by atoms with Gasteiger partial charge in [0.1, 0.15) is 0 Å². The molecule has 0 fully saturated rings. The van der Waals surface area contributed by atoms with Crippen molar-refractivity contribution in [1.29, 1.82) is 0 Å². The summed E-state index contributed by atoms with van der Waals surface area (Å²) in [6, 6.07) is 0. The molecule has 0 heterocycles. The second kappa shape index (κ2) is 3.69. The summed E-state index contributed by atoms with van der Waals surface area (Å²) >= 11 is 0. The van der Waals surface area contributed by atoms with Crippen LogP contribution in [0, 0.1) is 17.3 Å². The van der Waals surface area contributed by atoms with Crippen LogP contribution in [0.2, 0.25) is 0 Å². The van der Waals surface area contributed by atoms with E-state index in [0.29, 0.717) is 5.41 Å². The fraction of sp³-hybridized carbons (Fsp3) is 0.692. The predicted octanol–water partition coefficient (Wildman–Crippen LogP) is 4.19. The van der Waals surface area contributed by atoms with Gasteiger partial charge in [-0.2, -0.15) is 0 Å². The Hall–Kier alpha value is -0.520. The lowest BCUT2D eigenvalue weighted by molar-refractivity contribution is 0.205. The molecule has 0 amide bonds. The van der Waals surface area contributed by atoms with Gasteiger partial charge in [0.15, 0.2) is 0 Å². The Balaban J connectivity index is 2.62. The molecule has 13 heavy (non-hydrogen) atoms. The molecule has 0 heteroatoms. The average molecular weight is 178 g/mol. The molecule has 0 bridgehead atoms. The van der Waals surface area contributed by atoms with Gasteiger partial charge in [0.2, 0.25) is 0 Å². The van der Waals surface area contributed by atoms with Gasteiger partial charge in [-0.3, -0.25) is 0 Å². The highest BCUT2D eigenvalue weighted by Crippen LogP contribution is 2.35. The van der Waals surface area contributed by atoms with E-state index in [9.17, 15) is 0 Å². The zero-order chi connectivity index (χ0) is 10.1. The molecule has 2 unspecified atom stereocenters. The fourth-order valence-electron chi connectivity index (χ4n) is 1.76. The van der Waals surface area contributed by atoms with Crippen LogP contribution in [0.4, 0.5) is 0 Å². The standard InChI is InChI=1S/C13H22/c1-10-6-8-12(9-7-10)11(2)13(3,4)5/h6-8,11-12H,9H2,1-5H3. The van der Waals surface area contributed by atoms with Crippen molar-refractivity contribution < 1.29 is 0 Å². The van der Waals surface area contributed by atoms with Crippen LogP contribution >= 0.6 is 0 Å². The monoisotopic (exact) mass is 178 g/mol. The van der Waals surface area contributed by atoms with Crippen molar-refractivity contribution in [3.8, 4) is 0 Å². The smallest absolute Gasteiger partial charge is 0.0165 e. The number of hydrogen-bond donors (Lipinski definition) is 0. The summed E-state index contributed by atoms with van der Waals surface area (Å²) in [5.74, 6) is 1.50. The third-order valence-electron chi connectivity index (χ3n) is 3.33. The van der Waals surface area contributed by atoms with E-state index in [2.05, 4.69) is 52.8 Å². The Morgan fingerprint density at radius 1 is 1.38 bits per heavy atom. The molecule has 0 spiro atoms. The number of hydrogen-bond acceptors (Lipinski definition) is 0. The Labute approximate surface area is 82.7 Å². The van der Waals surface area contributed by atoms with E-state index in [-0.39, 0.29) is 0 Å². The fourth-order valence-corrected chi connectivity index (χ4v) is 1.76. The van der Waals surface area contributed by atoms with Crippen molar-refractivity contribution >= 4 is 0 Å². The summed E-state index contributed by atoms with van der Waals surface area (Å²) in [5, 5.41) is 0. The molecule has 0 N–H and O–H groups in total. The largest absolute Gasteiger partial charge is 0.0810 e. The van der Waals surface area contributed by atoms with Crippen molar-refractivity contribution in [3.63, 3.8) is 0 Å². The minimum Gasteiger partial charge on any atom is -0.0810 e. The van der Waals surface area contributed by atoms with Crippen LogP contribution < -0.4 is 0 Å². The van der Waals surface area contributed by atoms with Gasteiger partial charge in [0, 0.05) is 0 Å². The first-order valence-electron chi connectivity index (χ1n) is 5.26. The van der Waals surface area contributed by atoms with Gasteiger partial charge in [0.25, 0.3) is 0 Å². The highest BCUT2D eigenvalue weighted by molar-refractivity contribution is 5.21. The van der Waals surface area contributed by atoms with Gasteiger partial charge in [-0.25, -0.2) is 0 Å². The maximum Gasteiger partial charge on any atom is -0.0165 e. The molecular weight excluding hydrogens is 156 g/mol. The summed E-state index contributed by atoms with van der Waals surface area (Å²) in [6.07, 6.45) is 8.22. The van der Waals surface area contributed by atoms with Crippen LogP contribution in [0.25, 0.3) is 0 Å². The molecule has 0 aromatic carbocycles. The lowest BCUT2D eigenvalue weighted by atomic mass is 9.72. The minimum absolute atomic E-state index is 0.425. The molecule has 74 valence electrons. The van der Waals surface area contributed by atoms with E-state index in [1.165, 1.54) is 12.0 Å². The molecule has 0 radical (unpaired) electrons. The van der Waals surface area contributed by atoms with E-state index in [1.54, 1.807) is 0 Å². The van der Waals surface area contributed by atoms with Crippen LogP contribution in [0.5, 0.6) is 0 Å². The lowest BCUT2D eigenvalue weighted by Crippen LogP contribution is -2.24. The van der Waals surface area contributed by atoms with Crippen LogP contribution in [-0.4, -0.2) is 0 Å². The summed E-state index contributed by atoms with van der Waals surface area (Å²) < 4.78 is 0. The zero-order valence-corrected chi connectivity index (χ0v) is 9.59. The molecule has 1 aliphatic carbocycles. The Kier molecular flexibility index (Phi) is 3.00. The maximum atomic E-state index is 2.38. The van der Waals surface area contributed by atoms with Gasteiger partial charge in [-0.1, -0.05) is 51.5 Å². The molecule has 0 aromatic rings. The third kappa shape index (κ3) is 2.72. The first kappa shape index (κ1) is 10.6. The van der Waals surface area contributed by atoms with Crippen molar-refractivity contribution in [1.82, 2.24) is 0 Å². The molecule has 1 aliphatic rings. The quantitative estimate of drug-likeness (QED) is 0.564. The zero-order valence-electron chi connectivity index (χ0n) is 9.59. The molecule has 1 rings (SSSR count). The van der Waals surface area contributed by atoms with E-state index in [0.717, 1.165) is 11.8 Å². The summed E-state index contributed by atoms with van der Waals surface area (Å²) in [5.41, 5.74) is 1.84. The van der Waals surface area contributed by atoms with Crippen LogP contribution in [0.15, 0.2) is 23.8 Å². The van der Waals surface area contributed by atoms with Crippen LogP contribution in [0.1, 0.15) is 41.0 Å². The lowest BCUT2D eigenvalue weighted by Gasteiger charge is -2.33. The van der Waals surface area contributed by atoms with E-state index in [4.69, 9.17) is 0 Å². The Morgan fingerprint density at radius 2 is 2.00 bits per heavy atom. The third-order valence-corrected chi connectivity index (χ3v) is 3.33. The van der Waals surface area contributed by atoms with Gasteiger partial charge < -0.3 is 0 Å². The highest BCUT2D eigenvalue weighted by atomic mass is 14.3. The molecular formula is C13H22. The van der Waals surface area contributed by atoms with E-state index in [1.807, 2.05) is 0 Å². The van der Waals surface area contributed by atoms with Gasteiger partial charge in [-0.15, -0.1) is 0 Å². The first-order valence-corrected chi connectivity index (χ1v) is 5.26. The van der Waals surface area contributed by atoms with Crippen LogP contribution in [-0.2, 0) is 0 Å². The average Bonchev–Trinajstić information content (AvgIpc) is 2.03. The summed E-state index contributed by atoms with van der Waals surface area (Å²) in [4.78, 5) is 0. The van der Waals surface area contributed by atoms with Crippen molar-refractivity contribution in [2.45, 2.75) is 41.0 Å². The second-order valence-corrected chi connectivity index (χ2v) is 5.36. The van der Waals surface area contributed by atoms with Gasteiger partial charge >= 0.3 is 0 Å². The van der Waals surface area contributed by atoms with Crippen molar-refractivity contribution in [2.24, 2.45) is 17.3 Å². The van der Waals surface area contributed by atoms with Crippen molar-refractivity contribution in [2.75, 3.05) is 0 Å².